The molecule has 0 aliphatic carbocycles. The summed E-state index contributed by atoms with van der Waals surface area (Å²) in [5.41, 5.74) is 0. The van der Waals surface area contributed by atoms with Crippen LogP contribution in [0, 0.1) is 0 Å². The molecule has 4 nitrogen and oxygen atoms in total. The standard InChI is InChI=1S/C9H12Br3O4P/c1-4-7(10)14-17(13,15-8(11)5-2)16-9(12)6-3/h4-9H,1-3H2. The van der Waals surface area contributed by atoms with Crippen LogP contribution in [-0.4, -0.2) is 15.0 Å². The van der Waals surface area contributed by atoms with Gasteiger partial charge in [0.15, 0.2) is 0 Å². The monoisotopic (exact) mass is 452 g/mol. The molecule has 0 aliphatic rings. The van der Waals surface area contributed by atoms with Gasteiger partial charge in [-0.25, -0.2) is 4.57 Å². The van der Waals surface area contributed by atoms with Gasteiger partial charge in [0.25, 0.3) is 0 Å². The van der Waals surface area contributed by atoms with Gasteiger partial charge in [0, 0.05) is 0 Å². The first kappa shape index (κ1) is 17.8. The van der Waals surface area contributed by atoms with E-state index in [0.717, 1.165) is 0 Å². The summed E-state index contributed by atoms with van der Waals surface area (Å²) in [6.07, 6.45) is 4.19. The number of hydrogen-bond donors (Lipinski definition) is 0. The molecule has 0 bridgehead atoms. The van der Waals surface area contributed by atoms with Crippen LogP contribution >= 0.6 is 55.6 Å². The summed E-state index contributed by atoms with van der Waals surface area (Å²) in [5, 5.41) is -1.99. The molecule has 0 saturated carbocycles. The molecule has 0 aromatic rings. The summed E-state index contributed by atoms with van der Waals surface area (Å²) in [4.78, 5) is 0. The molecule has 0 radical (unpaired) electrons. The zero-order chi connectivity index (χ0) is 13.5. The van der Waals surface area contributed by atoms with Gasteiger partial charge in [-0.1, -0.05) is 85.8 Å². The van der Waals surface area contributed by atoms with E-state index >= 15 is 0 Å². The summed E-state index contributed by atoms with van der Waals surface area (Å²) in [5.74, 6) is 0. The Morgan fingerprint density at radius 3 is 1.24 bits per heavy atom. The van der Waals surface area contributed by atoms with Crippen LogP contribution in [0.1, 0.15) is 0 Å². The van der Waals surface area contributed by atoms with Gasteiger partial charge < -0.3 is 0 Å². The van der Waals surface area contributed by atoms with Gasteiger partial charge in [0.05, 0.1) is 0 Å². The second-order valence-electron chi connectivity index (χ2n) is 2.52. The van der Waals surface area contributed by atoms with Gasteiger partial charge in [0.2, 0.25) is 0 Å². The minimum atomic E-state index is -3.79. The van der Waals surface area contributed by atoms with Gasteiger partial charge in [-0.2, -0.15) is 0 Å². The molecule has 0 aromatic heterocycles. The number of phosphoric ester groups is 1. The first-order chi connectivity index (χ1) is 7.86. The van der Waals surface area contributed by atoms with Crippen LogP contribution in [0.15, 0.2) is 38.0 Å². The zero-order valence-corrected chi connectivity index (χ0v) is 14.5. The van der Waals surface area contributed by atoms with E-state index in [2.05, 4.69) is 67.5 Å². The van der Waals surface area contributed by atoms with E-state index in [4.69, 9.17) is 13.6 Å². The Balaban J connectivity index is 4.78. The largest absolute Gasteiger partial charge is 0.479 e. The molecule has 0 aliphatic heterocycles. The molecule has 0 N–H and O–H groups in total. The van der Waals surface area contributed by atoms with E-state index in [9.17, 15) is 4.57 Å². The van der Waals surface area contributed by atoms with Crippen molar-refractivity contribution in [3.05, 3.63) is 38.0 Å². The molecule has 0 aromatic carbocycles. The van der Waals surface area contributed by atoms with Crippen LogP contribution in [0.2, 0.25) is 0 Å². The van der Waals surface area contributed by atoms with E-state index in [0.29, 0.717) is 0 Å². The molecule has 0 rings (SSSR count). The Morgan fingerprint density at radius 1 is 0.824 bits per heavy atom. The quantitative estimate of drug-likeness (QED) is 0.283. The van der Waals surface area contributed by atoms with Gasteiger partial charge in [-0.15, -0.1) is 0 Å². The van der Waals surface area contributed by atoms with Crippen molar-refractivity contribution in [1.29, 1.82) is 0 Å². The predicted molar refractivity (Wildman–Crippen MR) is 79.6 cm³/mol. The normalized spacial score (nSPS) is 19.7. The van der Waals surface area contributed by atoms with Gasteiger partial charge >= 0.3 is 7.82 Å². The lowest BCUT2D eigenvalue weighted by molar-refractivity contribution is 0.123. The van der Waals surface area contributed by atoms with Crippen LogP contribution in [0.3, 0.4) is 0 Å². The zero-order valence-electron chi connectivity index (χ0n) is 8.80. The number of phosphoric acid groups is 1. The molecule has 0 spiro atoms. The summed E-state index contributed by atoms with van der Waals surface area (Å²) in [7, 11) is -3.79. The molecule has 8 heteroatoms. The average Bonchev–Trinajstić information content (AvgIpc) is 2.27. The molecular weight excluding hydrogens is 443 g/mol. The summed E-state index contributed by atoms with van der Waals surface area (Å²) in [6.45, 7) is 10.4. The molecule has 98 valence electrons. The molecule has 0 fully saturated rings. The highest BCUT2D eigenvalue weighted by Gasteiger charge is 2.33. The fourth-order valence-electron chi connectivity index (χ4n) is 0.574. The van der Waals surface area contributed by atoms with Crippen molar-refractivity contribution in [3.8, 4) is 0 Å². The van der Waals surface area contributed by atoms with Crippen molar-refractivity contribution in [2.24, 2.45) is 0 Å². The van der Waals surface area contributed by atoms with Crippen LogP contribution in [-0.2, 0) is 18.1 Å². The molecule has 0 saturated heterocycles. The Hall–Kier alpha value is 0.770. The maximum absolute atomic E-state index is 12.2. The summed E-state index contributed by atoms with van der Waals surface area (Å²) >= 11 is 9.24. The van der Waals surface area contributed by atoms with Crippen molar-refractivity contribution in [1.82, 2.24) is 0 Å². The third kappa shape index (κ3) is 7.72. The highest BCUT2D eigenvalue weighted by molar-refractivity contribution is 9.10. The average molecular weight is 455 g/mol. The van der Waals surface area contributed by atoms with Crippen molar-refractivity contribution in [3.63, 3.8) is 0 Å². The topological polar surface area (TPSA) is 44.8 Å². The number of alkyl halides is 3. The fraction of sp³-hybridized carbons (Fsp3) is 0.333. The highest BCUT2D eigenvalue weighted by Crippen LogP contribution is 2.54. The molecule has 3 atom stereocenters. The van der Waals surface area contributed by atoms with E-state index in [1.807, 2.05) is 0 Å². The smallest absolute Gasteiger partial charge is 0.268 e. The van der Waals surface area contributed by atoms with Crippen LogP contribution in [0.25, 0.3) is 0 Å². The van der Waals surface area contributed by atoms with Crippen molar-refractivity contribution in [2.75, 3.05) is 0 Å². The lowest BCUT2D eigenvalue weighted by Crippen LogP contribution is -2.10. The van der Waals surface area contributed by atoms with Gasteiger partial charge in [-0.05, 0) is 0 Å². The van der Waals surface area contributed by atoms with Crippen LogP contribution < -0.4 is 0 Å². The first-order valence-corrected chi connectivity index (χ1v) is 8.52. The van der Waals surface area contributed by atoms with E-state index in [1.54, 1.807) is 0 Å². The molecular formula is C9H12Br3O4P. The second-order valence-corrected chi connectivity index (χ2v) is 6.76. The van der Waals surface area contributed by atoms with Crippen LogP contribution in [0.5, 0.6) is 0 Å². The third-order valence-corrected chi connectivity index (χ3v) is 5.25. The highest BCUT2D eigenvalue weighted by atomic mass is 79.9. The van der Waals surface area contributed by atoms with Crippen molar-refractivity contribution < 1.29 is 18.1 Å². The SMILES string of the molecule is C=CC(Br)OP(=O)(OC(Br)C=C)OC(Br)C=C. The summed E-state index contributed by atoms with van der Waals surface area (Å²) in [6, 6.07) is 0. The van der Waals surface area contributed by atoms with Crippen molar-refractivity contribution >= 4 is 55.6 Å². The summed E-state index contributed by atoms with van der Waals surface area (Å²) < 4.78 is 27.5. The Labute approximate surface area is 126 Å². The van der Waals surface area contributed by atoms with E-state index in [-0.39, 0.29) is 0 Å². The van der Waals surface area contributed by atoms with Gasteiger partial charge in [-0.3, -0.25) is 13.6 Å². The Bertz CT molecular complexity index is 276. The van der Waals surface area contributed by atoms with Crippen molar-refractivity contribution in [2.45, 2.75) is 15.0 Å². The Kier molecular flexibility index (Phi) is 9.20. The molecule has 3 unspecified atom stereocenters. The number of halogens is 3. The fourth-order valence-corrected chi connectivity index (χ4v) is 3.56. The molecule has 0 heterocycles. The minimum Gasteiger partial charge on any atom is -0.268 e. The number of hydrogen-bond acceptors (Lipinski definition) is 4. The molecule has 0 amide bonds. The van der Waals surface area contributed by atoms with E-state index < -0.39 is 22.9 Å². The Morgan fingerprint density at radius 2 is 1.06 bits per heavy atom. The minimum absolute atomic E-state index is 0.664. The molecule has 17 heavy (non-hydrogen) atoms. The number of rotatable bonds is 9. The van der Waals surface area contributed by atoms with E-state index in [1.165, 1.54) is 18.2 Å². The first-order valence-electron chi connectivity index (χ1n) is 4.32. The van der Waals surface area contributed by atoms with Crippen LogP contribution in [0.4, 0.5) is 0 Å². The predicted octanol–water partition coefficient (Wildman–Crippen LogP) is 4.87. The maximum Gasteiger partial charge on any atom is 0.479 e. The van der Waals surface area contributed by atoms with Gasteiger partial charge in [0.1, 0.15) is 15.0 Å². The lowest BCUT2D eigenvalue weighted by atomic mass is 10.7. The lowest BCUT2D eigenvalue weighted by Gasteiger charge is -2.22. The second kappa shape index (κ2) is 8.80. The third-order valence-electron chi connectivity index (χ3n) is 1.25. The maximum atomic E-state index is 12.2.